The first-order chi connectivity index (χ1) is 3.84. The number of methoxy groups -OCH3 is 1. The maximum absolute atomic E-state index is 4.94. The highest BCUT2D eigenvalue weighted by molar-refractivity contribution is 5.08. The second kappa shape index (κ2) is 2.29. The van der Waals surface area contributed by atoms with Crippen LogP contribution in [0, 0.1) is 0 Å². The monoisotopic (exact) mass is 114 g/mol. The molecule has 1 unspecified atom stereocenters. The van der Waals surface area contributed by atoms with E-state index in [2.05, 4.69) is 6.58 Å². The van der Waals surface area contributed by atoms with Crippen molar-refractivity contribution in [3.05, 3.63) is 12.2 Å². The van der Waals surface area contributed by atoms with Gasteiger partial charge in [-0.3, -0.25) is 0 Å². The summed E-state index contributed by atoms with van der Waals surface area (Å²) in [6.45, 7) is 5.22. The van der Waals surface area contributed by atoms with Gasteiger partial charge in [-0.2, -0.15) is 0 Å². The molecule has 0 bridgehead atoms. The van der Waals surface area contributed by atoms with Gasteiger partial charge in [0.15, 0.2) is 0 Å². The molecule has 2 heteroatoms. The van der Waals surface area contributed by atoms with Crippen LogP contribution >= 0.6 is 0 Å². The van der Waals surface area contributed by atoms with E-state index in [-0.39, 0.29) is 0 Å². The molecule has 2 nitrogen and oxygen atoms in total. The summed E-state index contributed by atoms with van der Waals surface area (Å²) >= 11 is 0. The smallest absolute Gasteiger partial charge is 0.104 e. The van der Waals surface area contributed by atoms with Crippen molar-refractivity contribution in [3.8, 4) is 0 Å². The predicted molar refractivity (Wildman–Crippen MR) is 30.8 cm³/mol. The SMILES string of the molecule is C=C(COC)C1CO1. The first kappa shape index (κ1) is 5.79. The van der Waals surface area contributed by atoms with Crippen LogP contribution in [0.2, 0.25) is 0 Å². The van der Waals surface area contributed by atoms with E-state index in [1.54, 1.807) is 7.11 Å². The molecular formula is C6H10O2. The zero-order valence-corrected chi connectivity index (χ0v) is 5.02. The van der Waals surface area contributed by atoms with E-state index in [1.165, 1.54) is 0 Å². The van der Waals surface area contributed by atoms with Crippen molar-refractivity contribution in [1.82, 2.24) is 0 Å². The van der Waals surface area contributed by atoms with E-state index in [1.807, 2.05) is 0 Å². The van der Waals surface area contributed by atoms with Crippen LogP contribution in [0.15, 0.2) is 12.2 Å². The van der Waals surface area contributed by atoms with Crippen molar-refractivity contribution in [1.29, 1.82) is 0 Å². The molecule has 1 aliphatic rings. The third-order valence-electron chi connectivity index (χ3n) is 1.12. The number of epoxide rings is 1. The van der Waals surface area contributed by atoms with Crippen LogP contribution in [0.1, 0.15) is 0 Å². The fourth-order valence-corrected chi connectivity index (χ4v) is 0.562. The molecule has 1 fully saturated rings. The molecule has 0 amide bonds. The van der Waals surface area contributed by atoms with Crippen molar-refractivity contribution in [2.75, 3.05) is 20.3 Å². The third-order valence-corrected chi connectivity index (χ3v) is 1.12. The highest BCUT2D eigenvalue weighted by atomic mass is 16.6. The Labute approximate surface area is 49.1 Å². The van der Waals surface area contributed by atoms with Crippen molar-refractivity contribution < 1.29 is 9.47 Å². The molecule has 46 valence electrons. The Morgan fingerprint density at radius 1 is 2.00 bits per heavy atom. The first-order valence-electron chi connectivity index (χ1n) is 2.63. The Morgan fingerprint density at radius 2 is 2.62 bits per heavy atom. The van der Waals surface area contributed by atoms with Gasteiger partial charge in [-0.1, -0.05) is 6.58 Å². The summed E-state index contributed by atoms with van der Waals surface area (Å²) in [5, 5.41) is 0. The lowest BCUT2D eigenvalue weighted by Crippen LogP contribution is -1.98. The van der Waals surface area contributed by atoms with Gasteiger partial charge in [0, 0.05) is 7.11 Å². The molecule has 0 aromatic rings. The van der Waals surface area contributed by atoms with Crippen LogP contribution < -0.4 is 0 Å². The zero-order chi connectivity index (χ0) is 5.98. The molecule has 0 spiro atoms. The minimum atomic E-state index is 0.301. The second-order valence-electron chi connectivity index (χ2n) is 1.91. The van der Waals surface area contributed by atoms with E-state index in [9.17, 15) is 0 Å². The molecule has 1 atom stereocenters. The Hall–Kier alpha value is -0.340. The van der Waals surface area contributed by atoms with Gasteiger partial charge in [0.1, 0.15) is 6.10 Å². The summed E-state index contributed by atoms with van der Waals surface area (Å²) in [7, 11) is 1.66. The molecule has 8 heavy (non-hydrogen) atoms. The van der Waals surface area contributed by atoms with E-state index in [4.69, 9.17) is 9.47 Å². The summed E-state index contributed by atoms with van der Waals surface area (Å²) < 4.78 is 9.77. The van der Waals surface area contributed by atoms with Gasteiger partial charge in [0.05, 0.1) is 13.2 Å². The fraction of sp³-hybridized carbons (Fsp3) is 0.667. The van der Waals surface area contributed by atoms with Gasteiger partial charge in [-0.25, -0.2) is 0 Å². The highest BCUT2D eigenvalue weighted by Gasteiger charge is 2.25. The van der Waals surface area contributed by atoms with Crippen molar-refractivity contribution in [3.63, 3.8) is 0 Å². The lowest BCUT2D eigenvalue weighted by Gasteiger charge is -1.95. The molecule has 0 aliphatic carbocycles. The summed E-state index contributed by atoms with van der Waals surface area (Å²) in [6.07, 6.45) is 0.301. The second-order valence-corrected chi connectivity index (χ2v) is 1.91. The molecule has 0 aromatic carbocycles. The highest BCUT2D eigenvalue weighted by Crippen LogP contribution is 2.17. The summed E-state index contributed by atoms with van der Waals surface area (Å²) in [4.78, 5) is 0. The van der Waals surface area contributed by atoms with Crippen LogP contribution in [0.4, 0.5) is 0 Å². The van der Waals surface area contributed by atoms with Gasteiger partial charge in [0.2, 0.25) is 0 Å². The topological polar surface area (TPSA) is 21.8 Å². The normalized spacial score (nSPS) is 25.4. The minimum absolute atomic E-state index is 0.301. The Morgan fingerprint density at radius 3 is 3.00 bits per heavy atom. The molecule has 0 aromatic heterocycles. The number of hydrogen-bond acceptors (Lipinski definition) is 2. The Bertz CT molecular complexity index is 94.7. The van der Waals surface area contributed by atoms with Gasteiger partial charge < -0.3 is 9.47 Å². The standard InChI is InChI=1S/C6H10O2/c1-5(3-7-2)6-4-8-6/h6H,1,3-4H2,2H3. The molecule has 1 heterocycles. The first-order valence-corrected chi connectivity index (χ1v) is 2.63. The number of hydrogen-bond donors (Lipinski definition) is 0. The van der Waals surface area contributed by atoms with Crippen LogP contribution in [0.5, 0.6) is 0 Å². The lowest BCUT2D eigenvalue weighted by atomic mass is 10.2. The average molecular weight is 114 g/mol. The fourth-order valence-electron chi connectivity index (χ4n) is 0.562. The van der Waals surface area contributed by atoms with Crippen LogP contribution in [-0.2, 0) is 9.47 Å². The summed E-state index contributed by atoms with van der Waals surface area (Å²) in [6, 6.07) is 0. The molecule has 0 saturated carbocycles. The van der Waals surface area contributed by atoms with Crippen LogP contribution in [0.25, 0.3) is 0 Å². The van der Waals surface area contributed by atoms with Crippen molar-refractivity contribution in [2.24, 2.45) is 0 Å². The summed E-state index contributed by atoms with van der Waals surface area (Å²) in [5.41, 5.74) is 1.05. The van der Waals surface area contributed by atoms with Crippen LogP contribution in [-0.4, -0.2) is 26.4 Å². The van der Waals surface area contributed by atoms with Crippen LogP contribution in [0.3, 0.4) is 0 Å². The quantitative estimate of drug-likeness (QED) is 0.395. The van der Waals surface area contributed by atoms with Gasteiger partial charge in [0.25, 0.3) is 0 Å². The van der Waals surface area contributed by atoms with Gasteiger partial charge in [-0.15, -0.1) is 0 Å². The minimum Gasteiger partial charge on any atom is -0.380 e. The lowest BCUT2D eigenvalue weighted by molar-refractivity contribution is 0.219. The molecule has 1 rings (SSSR count). The average Bonchev–Trinajstić information content (AvgIpc) is 2.45. The third kappa shape index (κ3) is 1.32. The zero-order valence-electron chi connectivity index (χ0n) is 5.02. The van der Waals surface area contributed by atoms with E-state index in [0.717, 1.165) is 12.2 Å². The molecule has 1 aliphatic heterocycles. The number of rotatable bonds is 3. The van der Waals surface area contributed by atoms with E-state index in [0.29, 0.717) is 12.7 Å². The molecular weight excluding hydrogens is 104 g/mol. The Kier molecular flexibility index (Phi) is 1.65. The summed E-state index contributed by atoms with van der Waals surface area (Å²) in [5.74, 6) is 0. The maximum atomic E-state index is 4.94. The Balaban J connectivity index is 2.13. The largest absolute Gasteiger partial charge is 0.380 e. The number of ether oxygens (including phenoxy) is 2. The van der Waals surface area contributed by atoms with Gasteiger partial charge >= 0.3 is 0 Å². The van der Waals surface area contributed by atoms with E-state index >= 15 is 0 Å². The molecule has 1 saturated heterocycles. The van der Waals surface area contributed by atoms with Gasteiger partial charge in [-0.05, 0) is 5.57 Å². The van der Waals surface area contributed by atoms with Crippen molar-refractivity contribution in [2.45, 2.75) is 6.10 Å². The maximum Gasteiger partial charge on any atom is 0.104 e. The molecule has 0 N–H and O–H groups in total. The van der Waals surface area contributed by atoms with E-state index < -0.39 is 0 Å². The predicted octanol–water partition coefficient (Wildman–Crippen LogP) is 0.588. The molecule has 0 radical (unpaired) electrons. The van der Waals surface area contributed by atoms with Crippen molar-refractivity contribution >= 4 is 0 Å².